The predicted molar refractivity (Wildman–Crippen MR) is 72.2 cm³/mol. The minimum atomic E-state index is -0.783. The van der Waals surface area contributed by atoms with E-state index in [1.54, 1.807) is 17.0 Å². The van der Waals surface area contributed by atoms with Gasteiger partial charge < -0.3 is 20.4 Å². The first-order chi connectivity index (χ1) is 9.47. The third-order valence-corrected chi connectivity index (χ3v) is 3.45. The molecule has 1 heterocycles. The average Bonchev–Trinajstić information content (AvgIpc) is 2.40. The van der Waals surface area contributed by atoms with Gasteiger partial charge in [0.25, 0.3) is 5.91 Å². The molecule has 0 saturated carbocycles. The number of aliphatic hydroxyl groups excluding tert-OH is 1. The Bertz CT molecular complexity index is 518. The number of aromatic hydroxyl groups is 1. The SMILES string of the molecule is CC(=O)N1CC[C@@H](NC(=O)c2cccc(O)c2)[C@H](O)C1. The number of nitrogens with one attached hydrogen (secondary N) is 1. The van der Waals surface area contributed by atoms with Crippen molar-refractivity contribution in [2.24, 2.45) is 0 Å². The Morgan fingerprint density at radius 2 is 2.15 bits per heavy atom. The number of amides is 2. The third kappa shape index (κ3) is 3.27. The fourth-order valence-electron chi connectivity index (χ4n) is 2.28. The highest BCUT2D eigenvalue weighted by Gasteiger charge is 2.30. The first kappa shape index (κ1) is 14.3. The predicted octanol–water partition coefficient (Wildman–Crippen LogP) is 0.104. The number of benzene rings is 1. The summed E-state index contributed by atoms with van der Waals surface area (Å²) in [5, 5.41) is 22.1. The zero-order chi connectivity index (χ0) is 14.7. The number of piperidine rings is 1. The molecule has 0 radical (unpaired) electrons. The van der Waals surface area contributed by atoms with Gasteiger partial charge in [0.15, 0.2) is 0 Å². The molecule has 20 heavy (non-hydrogen) atoms. The standard InChI is InChI=1S/C14H18N2O4/c1-9(17)16-6-5-12(13(19)8-16)15-14(20)10-3-2-4-11(18)7-10/h2-4,7,12-13,18-19H,5-6,8H2,1H3,(H,15,20)/t12-,13-/m1/s1. The second-order valence-electron chi connectivity index (χ2n) is 4.95. The summed E-state index contributed by atoms with van der Waals surface area (Å²) >= 11 is 0. The van der Waals surface area contributed by atoms with Crippen molar-refractivity contribution in [2.75, 3.05) is 13.1 Å². The van der Waals surface area contributed by atoms with Crippen LogP contribution in [0.15, 0.2) is 24.3 Å². The molecule has 1 aromatic rings. The van der Waals surface area contributed by atoms with E-state index < -0.39 is 6.10 Å². The quantitative estimate of drug-likeness (QED) is 0.716. The minimum absolute atomic E-state index is 0.0181. The molecule has 6 nitrogen and oxygen atoms in total. The second-order valence-corrected chi connectivity index (χ2v) is 4.95. The topological polar surface area (TPSA) is 89.9 Å². The van der Waals surface area contributed by atoms with Crippen LogP contribution in [-0.2, 0) is 4.79 Å². The maximum Gasteiger partial charge on any atom is 0.251 e. The van der Waals surface area contributed by atoms with Gasteiger partial charge in [0, 0.05) is 25.6 Å². The van der Waals surface area contributed by atoms with E-state index in [2.05, 4.69) is 5.32 Å². The van der Waals surface area contributed by atoms with Crippen LogP contribution in [-0.4, -0.2) is 52.2 Å². The fourth-order valence-corrected chi connectivity index (χ4v) is 2.28. The fraction of sp³-hybridized carbons (Fsp3) is 0.429. The van der Waals surface area contributed by atoms with Gasteiger partial charge >= 0.3 is 0 Å². The molecule has 1 aliphatic heterocycles. The number of rotatable bonds is 2. The number of phenols is 1. The number of carbonyl (C=O) groups excluding carboxylic acids is 2. The molecule has 2 atom stereocenters. The Morgan fingerprint density at radius 1 is 1.40 bits per heavy atom. The van der Waals surface area contributed by atoms with Crippen LogP contribution in [0.5, 0.6) is 5.75 Å². The molecule has 0 bridgehead atoms. The zero-order valence-electron chi connectivity index (χ0n) is 11.2. The highest BCUT2D eigenvalue weighted by Crippen LogP contribution is 2.14. The van der Waals surface area contributed by atoms with Gasteiger partial charge in [0.2, 0.25) is 5.91 Å². The van der Waals surface area contributed by atoms with Gasteiger partial charge in [-0.15, -0.1) is 0 Å². The lowest BCUT2D eigenvalue weighted by atomic mass is 10.0. The second kappa shape index (κ2) is 5.92. The van der Waals surface area contributed by atoms with Crippen molar-refractivity contribution in [1.82, 2.24) is 10.2 Å². The molecule has 0 spiro atoms. The van der Waals surface area contributed by atoms with E-state index in [1.807, 2.05) is 0 Å². The van der Waals surface area contributed by atoms with Crippen molar-refractivity contribution >= 4 is 11.8 Å². The van der Waals surface area contributed by atoms with Gasteiger partial charge in [-0.1, -0.05) is 6.07 Å². The monoisotopic (exact) mass is 278 g/mol. The van der Waals surface area contributed by atoms with Crippen LogP contribution in [0.25, 0.3) is 0 Å². The zero-order valence-corrected chi connectivity index (χ0v) is 11.2. The van der Waals surface area contributed by atoms with Crippen LogP contribution < -0.4 is 5.32 Å². The van der Waals surface area contributed by atoms with Gasteiger partial charge in [-0.25, -0.2) is 0 Å². The lowest BCUT2D eigenvalue weighted by Crippen LogP contribution is -2.55. The normalized spacial score (nSPS) is 22.4. The summed E-state index contributed by atoms with van der Waals surface area (Å²) in [6.07, 6.45) is -0.278. The first-order valence-electron chi connectivity index (χ1n) is 6.51. The van der Waals surface area contributed by atoms with Crippen molar-refractivity contribution in [3.8, 4) is 5.75 Å². The summed E-state index contributed by atoms with van der Waals surface area (Å²) in [6.45, 7) is 2.19. The Hall–Kier alpha value is -2.08. The molecule has 3 N–H and O–H groups in total. The van der Waals surface area contributed by atoms with E-state index >= 15 is 0 Å². The van der Waals surface area contributed by atoms with Gasteiger partial charge in [-0.2, -0.15) is 0 Å². The Labute approximate surface area is 117 Å². The lowest BCUT2D eigenvalue weighted by Gasteiger charge is -2.35. The number of β-amino-alcohol motifs (C(OH)–C–C–N with tert-alkyl or cyclic N) is 1. The molecular formula is C14H18N2O4. The van der Waals surface area contributed by atoms with Crippen molar-refractivity contribution in [3.63, 3.8) is 0 Å². The highest BCUT2D eigenvalue weighted by molar-refractivity contribution is 5.94. The van der Waals surface area contributed by atoms with Crippen LogP contribution in [0.2, 0.25) is 0 Å². The summed E-state index contributed by atoms with van der Waals surface area (Å²) in [5.41, 5.74) is 0.339. The first-order valence-corrected chi connectivity index (χ1v) is 6.51. The lowest BCUT2D eigenvalue weighted by molar-refractivity contribution is -0.132. The van der Waals surface area contributed by atoms with Crippen LogP contribution in [0.3, 0.4) is 0 Å². The van der Waals surface area contributed by atoms with Gasteiger partial charge in [-0.3, -0.25) is 9.59 Å². The van der Waals surface area contributed by atoms with Crippen molar-refractivity contribution in [1.29, 1.82) is 0 Å². The molecule has 6 heteroatoms. The number of nitrogens with zero attached hydrogens (tertiary/aromatic N) is 1. The van der Waals surface area contributed by atoms with E-state index in [0.717, 1.165) is 0 Å². The average molecular weight is 278 g/mol. The summed E-state index contributed by atoms with van der Waals surface area (Å²) in [7, 11) is 0. The van der Waals surface area contributed by atoms with E-state index in [1.165, 1.54) is 19.1 Å². The largest absolute Gasteiger partial charge is 0.508 e. The van der Waals surface area contributed by atoms with Gasteiger partial charge in [0.05, 0.1) is 12.1 Å². The van der Waals surface area contributed by atoms with Gasteiger partial charge in [0.1, 0.15) is 5.75 Å². The summed E-state index contributed by atoms with van der Waals surface area (Å²) < 4.78 is 0. The highest BCUT2D eigenvalue weighted by atomic mass is 16.3. The Balaban J connectivity index is 1.97. The molecule has 2 rings (SSSR count). The molecule has 1 saturated heterocycles. The number of phenolic OH excluding ortho intramolecular Hbond substituents is 1. The molecule has 108 valence electrons. The van der Waals surface area contributed by atoms with Crippen molar-refractivity contribution < 1.29 is 19.8 Å². The third-order valence-electron chi connectivity index (χ3n) is 3.45. The summed E-state index contributed by atoms with van der Waals surface area (Å²) in [5.74, 6) is -0.410. The number of hydrogen-bond acceptors (Lipinski definition) is 4. The summed E-state index contributed by atoms with van der Waals surface area (Å²) in [4.78, 5) is 24.8. The van der Waals surface area contributed by atoms with Crippen LogP contribution in [0.1, 0.15) is 23.7 Å². The molecule has 2 amide bonds. The maximum absolute atomic E-state index is 12.0. The van der Waals surface area contributed by atoms with Crippen molar-refractivity contribution in [3.05, 3.63) is 29.8 Å². The Kier molecular flexibility index (Phi) is 4.24. The number of likely N-dealkylation sites (tertiary alicyclic amines) is 1. The molecule has 1 aliphatic rings. The van der Waals surface area contributed by atoms with E-state index in [9.17, 15) is 19.8 Å². The maximum atomic E-state index is 12.0. The molecule has 0 aliphatic carbocycles. The smallest absolute Gasteiger partial charge is 0.251 e. The Morgan fingerprint density at radius 3 is 2.75 bits per heavy atom. The van der Waals surface area contributed by atoms with Gasteiger partial charge in [-0.05, 0) is 24.6 Å². The van der Waals surface area contributed by atoms with Crippen LogP contribution in [0, 0.1) is 0 Å². The van der Waals surface area contributed by atoms with Crippen LogP contribution in [0.4, 0.5) is 0 Å². The summed E-state index contributed by atoms with van der Waals surface area (Å²) in [6, 6.07) is 5.63. The molecular weight excluding hydrogens is 260 g/mol. The number of carbonyl (C=O) groups is 2. The minimum Gasteiger partial charge on any atom is -0.508 e. The number of aliphatic hydroxyl groups is 1. The van der Waals surface area contributed by atoms with E-state index in [4.69, 9.17) is 0 Å². The van der Waals surface area contributed by atoms with Crippen LogP contribution >= 0.6 is 0 Å². The molecule has 0 unspecified atom stereocenters. The van der Waals surface area contributed by atoms with E-state index in [0.29, 0.717) is 18.5 Å². The molecule has 0 aromatic heterocycles. The molecule has 1 fully saturated rings. The van der Waals surface area contributed by atoms with E-state index in [-0.39, 0.29) is 30.2 Å². The molecule has 1 aromatic carbocycles. The van der Waals surface area contributed by atoms with Crippen molar-refractivity contribution in [2.45, 2.75) is 25.5 Å². The number of hydrogen-bond donors (Lipinski definition) is 3.